The summed E-state index contributed by atoms with van der Waals surface area (Å²) in [5.74, 6) is -1.23. The number of esters is 1. The lowest BCUT2D eigenvalue weighted by Crippen LogP contribution is -2.32. The molecular weight excluding hydrogens is 408 g/mol. The molecule has 0 aliphatic heterocycles. The Bertz CT molecular complexity index is 1190. The van der Waals surface area contributed by atoms with Crippen molar-refractivity contribution in [3.8, 4) is 5.75 Å². The zero-order valence-electron chi connectivity index (χ0n) is 18.5. The van der Waals surface area contributed by atoms with E-state index in [1.807, 2.05) is 51.1 Å². The standard InChI is InChI=1S/C25H26N2O5/c1-15-13-16(19-7-5-6-8-20(19)26-15)14-32-18-11-9-17(10-12-18)25(23(29)31-4)21(22(28)27-30)24(25,2)3/h5-13,21,30H,14H2,1-4H3,(H,27,28)/t21-,25-/m0/s1. The highest BCUT2D eigenvalue weighted by atomic mass is 16.5. The van der Waals surface area contributed by atoms with Crippen LogP contribution in [-0.4, -0.2) is 29.2 Å². The Morgan fingerprint density at radius 3 is 2.47 bits per heavy atom. The number of amides is 1. The number of ether oxygens (including phenoxy) is 2. The fourth-order valence-electron chi connectivity index (χ4n) is 5.04. The molecule has 2 atom stereocenters. The number of para-hydroxylation sites is 1. The van der Waals surface area contributed by atoms with Crippen molar-refractivity contribution in [1.82, 2.24) is 10.5 Å². The summed E-state index contributed by atoms with van der Waals surface area (Å²) < 4.78 is 11.1. The Balaban J connectivity index is 1.60. The first-order valence-electron chi connectivity index (χ1n) is 10.4. The predicted molar refractivity (Wildman–Crippen MR) is 118 cm³/mol. The molecule has 2 N–H and O–H groups in total. The van der Waals surface area contributed by atoms with Crippen LogP contribution >= 0.6 is 0 Å². The van der Waals surface area contributed by atoms with Crippen molar-refractivity contribution in [2.75, 3.05) is 7.11 Å². The van der Waals surface area contributed by atoms with Gasteiger partial charge < -0.3 is 9.47 Å². The van der Waals surface area contributed by atoms with Crippen molar-refractivity contribution >= 4 is 22.8 Å². The highest BCUT2D eigenvalue weighted by Crippen LogP contribution is 2.70. The number of aromatic nitrogens is 1. The van der Waals surface area contributed by atoms with Gasteiger partial charge in [-0.15, -0.1) is 0 Å². The first-order valence-corrected chi connectivity index (χ1v) is 10.4. The molecule has 0 bridgehead atoms. The van der Waals surface area contributed by atoms with Gasteiger partial charge in [0.05, 0.1) is 18.5 Å². The van der Waals surface area contributed by atoms with Gasteiger partial charge in [0.2, 0.25) is 5.91 Å². The summed E-state index contributed by atoms with van der Waals surface area (Å²) in [6.07, 6.45) is 0. The Morgan fingerprint density at radius 2 is 1.81 bits per heavy atom. The largest absolute Gasteiger partial charge is 0.489 e. The fourth-order valence-corrected chi connectivity index (χ4v) is 5.04. The molecular formula is C25H26N2O5. The number of fused-ring (bicyclic) bond motifs is 1. The molecule has 1 heterocycles. The zero-order valence-corrected chi connectivity index (χ0v) is 18.5. The SMILES string of the molecule is COC(=O)[C@]1(c2ccc(OCc3cc(C)nc4ccccc34)cc2)[C@@H](C(=O)NO)C1(C)C. The van der Waals surface area contributed by atoms with E-state index in [1.165, 1.54) is 7.11 Å². The maximum Gasteiger partial charge on any atom is 0.317 e. The molecule has 0 spiro atoms. The molecule has 0 radical (unpaired) electrons. The molecule has 4 rings (SSSR count). The first-order chi connectivity index (χ1) is 15.3. The van der Waals surface area contributed by atoms with Crippen molar-refractivity contribution in [2.24, 2.45) is 11.3 Å². The average molecular weight is 434 g/mol. The number of pyridine rings is 1. The molecule has 1 aliphatic rings. The van der Waals surface area contributed by atoms with Crippen LogP contribution in [0.5, 0.6) is 5.75 Å². The summed E-state index contributed by atoms with van der Waals surface area (Å²) in [6, 6.07) is 17.0. The molecule has 0 unspecified atom stereocenters. The second-order valence-electron chi connectivity index (χ2n) is 8.68. The summed E-state index contributed by atoms with van der Waals surface area (Å²) >= 11 is 0. The van der Waals surface area contributed by atoms with E-state index in [-0.39, 0.29) is 0 Å². The molecule has 1 aromatic heterocycles. The van der Waals surface area contributed by atoms with Crippen LogP contribution in [0.3, 0.4) is 0 Å². The van der Waals surface area contributed by atoms with Crippen LogP contribution in [0.1, 0.15) is 30.7 Å². The molecule has 166 valence electrons. The topological polar surface area (TPSA) is 97.8 Å². The minimum Gasteiger partial charge on any atom is -0.489 e. The zero-order chi connectivity index (χ0) is 23.1. The second-order valence-corrected chi connectivity index (χ2v) is 8.68. The third kappa shape index (κ3) is 3.20. The smallest absolute Gasteiger partial charge is 0.317 e. The molecule has 32 heavy (non-hydrogen) atoms. The van der Waals surface area contributed by atoms with Crippen molar-refractivity contribution in [2.45, 2.75) is 32.8 Å². The lowest BCUT2D eigenvalue weighted by Gasteiger charge is -2.19. The van der Waals surface area contributed by atoms with Gasteiger partial charge in [-0.1, -0.05) is 44.2 Å². The molecule has 1 saturated carbocycles. The van der Waals surface area contributed by atoms with E-state index in [4.69, 9.17) is 14.7 Å². The van der Waals surface area contributed by atoms with Crippen LogP contribution in [0, 0.1) is 18.3 Å². The second kappa shape index (κ2) is 7.91. The first kappa shape index (κ1) is 21.8. The van der Waals surface area contributed by atoms with Gasteiger partial charge in [-0.3, -0.25) is 19.8 Å². The van der Waals surface area contributed by atoms with E-state index in [9.17, 15) is 9.59 Å². The molecule has 1 amide bonds. The Morgan fingerprint density at radius 1 is 1.12 bits per heavy atom. The third-order valence-electron chi connectivity index (χ3n) is 6.60. The van der Waals surface area contributed by atoms with Gasteiger partial charge >= 0.3 is 5.97 Å². The molecule has 7 heteroatoms. The maximum atomic E-state index is 12.8. The van der Waals surface area contributed by atoms with E-state index in [0.29, 0.717) is 17.9 Å². The van der Waals surface area contributed by atoms with Crippen molar-refractivity contribution < 1.29 is 24.3 Å². The Labute approximate surface area is 186 Å². The highest BCUT2D eigenvalue weighted by molar-refractivity contribution is 6.00. The van der Waals surface area contributed by atoms with Crippen molar-refractivity contribution in [3.05, 3.63) is 71.4 Å². The Hall–Kier alpha value is -3.45. The van der Waals surface area contributed by atoms with Crippen LogP contribution in [-0.2, 0) is 26.3 Å². The van der Waals surface area contributed by atoms with Gasteiger partial charge in [-0.05, 0) is 42.2 Å². The lowest BCUT2D eigenvalue weighted by molar-refractivity contribution is -0.146. The number of rotatable bonds is 6. The van der Waals surface area contributed by atoms with Gasteiger partial charge in [0, 0.05) is 16.6 Å². The van der Waals surface area contributed by atoms with E-state index in [2.05, 4.69) is 4.98 Å². The lowest BCUT2D eigenvalue weighted by atomic mass is 9.87. The number of nitrogens with one attached hydrogen (secondary N) is 1. The van der Waals surface area contributed by atoms with E-state index < -0.39 is 28.6 Å². The molecule has 2 aromatic carbocycles. The van der Waals surface area contributed by atoms with Gasteiger partial charge in [0.1, 0.15) is 17.8 Å². The molecule has 3 aromatic rings. The van der Waals surface area contributed by atoms with Crippen LogP contribution in [0.2, 0.25) is 0 Å². The average Bonchev–Trinajstić information content (AvgIpc) is 3.33. The van der Waals surface area contributed by atoms with E-state index >= 15 is 0 Å². The number of hydroxylamine groups is 1. The normalized spacial score (nSPS) is 21.1. The van der Waals surface area contributed by atoms with E-state index in [0.717, 1.165) is 22.2 Å². The van der Waals surface area contributed by atoms with Gasteiger partial charge in [-0.25, -0.2) is 5.48 Å². The Kier molecular flexibility index (Phi) is 5.38. The number of nitrogens with zero attached hydrogens (tertiary/aromatic N) is 1. The highest BCUT2D eigenvalue weighted by Gasteiger charge is 2.80. The predicted octanol–water partition coefficient (Wildman–Crippen LogP) is 3.69. The van der Waals surface area contributed by atoms with E-state index in [1.54, 1.807) is 29.7 Å². The van der Waals surface area contributed by atoms with Gasteiger partial charge in [-0.2, -0.15) is 0 Å². The van der Waals surface area contributed by atoms with Crippen LogP contribution in [0.25, 0.3) is 10.9 Å². The number of carbonyl (C=O) groups is 2. The number of hydrogen-bond acceptors (Lipinski definition) is 6. The summed E-state index contributed by atoms with van der Waals surface area (Å²) in [6.45, 7) is 5.94. The number of methoxy groups -OCH3 is 1. The quantitative estimate of drug-likeness (QED) is 0.349. The summed E-state index contributed by atoms with van der Waals surface area (Å²) in [7, 11) is 1.30. The van der Waals surface area contributed by atoms with Crippen LogP contribution in [0.4, 0.5) is 0 Å². The monoisotopic (exact) mass is 434 g/mol. The number of benzene rings is 2. The van der Waals surface area contributed by atoms with Crippen LogP contribution < -0.4 is 10.2 Å². The molecule has 0 saturated heterocycles. The molecule has 1 aliphatic carbocycles. The van der Waals surface area contributed by atoms with Crippen LogP contribution in [0.15, 0.2) is 54.6 Å². The van der Waals surface area contributed by atoms with Crippen molar-refractivity contribution in [3.63, 3.8) is 0 Å². The van der Waals surface area contributed by atoms with Gasteiger partial charge in [0.25, 0.3) is 0 Å². The van der Waals surface area contributed by atoms with Crippen molar-refractivity contribution in [1.29, 1.82) is 0 Å². The summed E-state index contributed by atoms with van der Waals surface area (Å²) in [4.78, 5) is 29.6. The minimum absolute atomic E-state index is 0.367. The number of carbonyl (C=O) groups excluding carboxylic acids is 2. The molecule has 1 fully saturated rings. The minimum atomic E-state index is -1.18. The maximum absolute atomic E-state index is 12.8. The summed E-state index contributed by atoms with van der Waals surface area (Å²) in [5, 5.41) is 10.2. The number of aryl methyl sites for hydroxylation is 1. The van der Waals surface area contributed by atoms with Gasteiger partial charge in [0.15, 0.2) is 0 Å². The summed E-state index contributed by atoms with van der Waals surface area (Å²) in [5.41, 5.74) is 3.30. The molecule has 7 nitrogen and oxygen atoms in total. The third-order valence-corrected chi connectivity index (χ3v) is 6.60. The number of hydrogen-bond donors (Lipinski definition) is 2. The fraction of sp³-hybridized carbons (Fsp3) is 0.320.